The van der Waals surface area contributed by atoms with Crippen molar-refractivity contribution < 1.29 is 13.6 Å². The highest BCUT2D eigenvalue weighted by atomic mass is 19.1. The van der Waals surface area contributed by atoms with E-state index in [-0.39, 0.29) is 6.04 Å². The zero-order valence-electron chi connectivity index (χ0n) is 14.6. The third kappa shape index (κ3) is 5.10. The van der Waals surface area contributed by atoms with Gasteiger partial charge in [-0.2, -0.15) is 0 Å². The Labute approximate surface area is 147 Å². The minimum Gasteiger partial charge on any atom is -0.350 e. The maximum absolute atomic E-state index is 13.8. The van der Waals surface area contributed by atoms with Crippen LogP contribution < -0.4 is 5.32 Å². The fourth-order valence-electron chi connectivity index (χ4n) is 2.97. The molecule has 2 aromatic carbocycles. The Balaban J connectivity index is 2.10. The number of nitrogens with one attached hydrogen (secondary N) is 1. The standard InChI is InChI=1S/C20H24F2N2O/c1-3-24(4-2)16(13-15-9-6-5-7-10-15)14-23-20(25)19-17(21)11-8-12-18(19)22/h5-12,16H,3-4,13-14H2,1-2H3,(H,23,25)/t16-/m0/s1. The molecule has 25 heavy (non-hydrogen) atoms. The summed E-state index contributed by atoms with van der Waals surface area (Å²) in [6.07, 6.45) is 0.753. The fourth-order valence-corrected chi connectivity index (χ4v) is 2.97. The molecule has 0 aliphatic carbocycles. The molecule has 0 spiro atoms. The third-order valence-electron chi connectivity index (χ3n) is 4.33. The van der Waals surface area contributed by atoms with Gasteiger partial charge in [-0.3, -0.25) is 9.69 Å². The van der Waals surface area contributed by atoms with E-state index in [1.807, 2.05) is 30.3 Å². The number of carbonyl (C=O) groups excluding carboxylic acids is 1. The Hall–Kier alpha value is -2.27. The summed E-state index contributed by atoms with van der Waals surface area (Å²) in [6.45, 7) is 6.10. The molecule has 1 amide bonds. The Kier molecular flexibility index (Phi) is 7.07. The van der Waals surface area contributed by atoms with Crippen LogP contribution in [-0.4, -0.2) is 36.5 Å². The molecule has 5 heteroatoms. The molecule has 0 heterocycles. The summed E-state index contributed by atoms with van der Waals surface area (Å²) in [5.41, 5.74) is 0.631. The maximum Gasteiger partial charge on any atom is 0.257 e. The van der Waals surface area contributed by atoms with Crippen molar-refractivity contribution in [2.24, 2.45) is 0 Å². The van der Waals surface area contributed by atoms with Crippen LogP contribution in [0.15, 0.2) is 48.5 Å². The van der Waals surface area contributed by atoms with E-state index < -0.39 is 23.1 Å². The highest BCUT2D eigenvalue weighted by Gasteiger charge is 2.21. The molecule has 0 radical (unpaired) electrons. The van der Waals surface area contributed by atoms with Crippen LogP contribution in [0.5, 0.6) is 0 Å². The zero-order valence-corrected chi connectivity index (χ0v) is 14.6. The van der Waals surface area contributed by atoms with Gasteiger partial charge < -0.3 is 5.32 Å². The molecule has 0 aromatic heterocycles. The molecule has 1 atom stereocenters. The van der Waals surface area contributed by atoms with E-state index >= 15 is 0 Å². The van der Waals surface area contributed by atoms with E-state index in [2.05, 4.69) is 24.1 Å². The van der Waals surface area contributed by atoms with Crippen molar-refractivity contribution in [2.75, 3.05) is 19.6 Å². The molecule has 0 aliphatic rings. The Bertz CT molecular complexity index is 667. The monoisotopic (exact) mass is 346 g/mol. The first-order chi connectivity index (χ1) is 12.1. The van der Waals surface area contributed by atoms with Crippen LogP contribution in [0.2, 0.25) is 0 Å². The largest absolute Gasteiger partial charge is 0.350 e. The van der Waals surface area contributed by atoms with Crippen molar-refractivity contribution in [3.8, 4) is 0 Å². The topological polar surface area (TPSA) is 32.3 Å². The first kappa shape index (κ1) is 19.1. The fraction of sp³-hybridized carbons (Fsp3) is 0.350. The van der Waals surface area contributed by atoms with Crippen LogP contribution in [0, 0.1) is 11.6 Å². The predicted molar refractivity (Wildman–Crippen MR) is 95.5 cm³/mol. The first-order valence-electron chi connectivity index (χ1n) is 8.57. The minimum absolute atomic E-state index is 0.0520. The van der Waals surface area contributed by atoms with Crippen LogP contribution in [0.25, 0.3) is 0 Å². The van der Waals surface area contributed by atoms with Gasteiger partial charge in [0, 0.05) is 12.6 Å². The lowest BCUT2D eigenvalue weighted by molar-refractivity contribution is 0.0926. The molecule has 2 aromatic rings. The number of carbonyl (C=O) groups is 1. The van der Waals surface area contributed by atoms with Crippen molar-refractivity contribution in [2.45, 2.75) is 26.3 Å². The summed E-state index contributed by atoms with van der Waals surface area (Å²) in [5, 5.41) is 2.69. The predicted octanol–water partition coefficient (Wildman–Crippen LogP) is 3.65. The molecule has 0 saturated heterocycles. The van der Waals surface area contributed by atoms with Crippen LogP contribution in [-0.2, 0) is 6.42 Å². The Morgan fingerprint density at radius 1 is 1.00 bits per heavy atom. The third-order valence-corrected chi connectivity index (χ3v) is 4.33. The molecule has 0 bridgehead atoms. The second kappa shape index (κ2) is 9.28. The normalized spacial score (nSPS) is 12.2. The summed E-state index contributed by atoms with van der Waals surface area (Å²) in [5.74, 6) is -2.42. The van der Waals surface area contributed by atoms with Gasteiger partial charge in [0.1, 0.15) is 17.2 Å². The van der Waals surface area contributed by atoms with Crippen molar-refractivity contribution >= 4 is 5.91 Å². The van der Waals surface area contributed by atoms with E-state index in [1.165, 1.54) is 6.07 Å². The van der Waals surface area contributed by atoms with Crippen LogP contribution in [0.4, 0.5) is 8.78 Å². The molecule has 0 unspecified atom stereocenters. The summed E-state index contributed by atoms with van der Waals surface area (Å²) in [4.78, 5) is 14.5. The van der Waals surface area contributed by atoms with Crippen molar-refractivity contribution in [3.63, 3.8) is 0 Å². The summed E-state index contributed by atoms with van der Waals surface area (Å²) in [7, 11) is 0. The van der Waals surface area contributed by atoms with E-state index in [1.54, 1.807) is 0 Å². The number of hydrogen-bond donors (Lipinski definition) is 1. The van der Waals surface area contributed by atoms with Gasteiger partial charge in [0.25, 0.3) is 5.91 Å². The van der Waals surface area contributed by atoms with Gasteiger partial charge in [-0.15, -0.1) is 0 Å². The Morgan fingerprint density at radius 2 is 1.60 bits per heavy atom. The Morgan fingerprint density at radius 3 is 2.16 bits per heavy atom. The molecule has 3 nitrogen and oxygen atoms in total. The van der Waals surface area contributed by atoms with Gasteiger partial charge in [-0.25, -0.2) is 8.78 Å². The van der Waals surface area contributed by atoms with E-state index in [9.17, 15) is 13.6 Å². The SMILES string of the molecule is CCN(CC)[C@H](CNC(=O)c1c(F)cccc1F)Cc1ccccc1. The summed E-state index contributed by atoms with van der Waals surface area (Å²) < 4.78 is 27.5. The smallest absolute Gasteiger partial charge is 0.257 e. The quantitative estimate of drug-likeness (QED) is 0.791. The molecule has 1 N–H and O–H groups in total. The van der Waals surface area contributed by atoms with Gasteiger partial charge in [-0.1, -0.05) is 50.2 Å². The molecular formula is C20H24F2N2O. The maximum atomic E-state index is 13.8. The van der Waals surface area contributed by atoms with Gasteiger partial charge in [-0.05, 0) is 37.2 Å². The highest BCUT2D eigenvalue weighted by molar-refractivity contribution is 5.94. The minimum atomic E-state index is -0.847. The van der Waals surface area contributed by atoms with E-state index in [0.29, 0.717) is 6.54 Å². The van der Waals surface area contributed by atoms with Gasteiger partial charge in [0.15, 0.2) is 0 Å². The van der Waals surface area contributed by atoms with Crippen LogP contribution in [0.1, 0.15) is 29.8 Å². The number of benzene rings is 2. The second-order valence-corrected chi connectivity index (χ2v) is 5.87. The highest BCUT2D eigenvalue weighted by Crippen LogP contribution is 2.13. The lowest BCUT2D eigenvalue weighted by Gasteiger charge is -2.30. The average Bonchev–Trinajstić information content (AvgIpc) is 2.61. The molecule has 0 aliphatic heterocycles. The van der Waals surface area contributed by atoms with Gasteiger partial charge in [0.2, 0.25) is 0 Å². The number of rotatable bonds is 8. The lowest BCUT2D eigenvalue weighted by Crippen LogP contribution is -2.45. The van der Waals surface area contributed by atoms with Crippen molar-refractivity contribution in [1.29, 1.82) is 0 Å². The number of hydrogen-bond acceptors (Lipinski definition) is 2. The number of halogens is 2. The molecule has 0 fully saturated rings. The number of amides is 1. The molecule has 134 valence electrons. The molecule has 0 saturated carbocycles. The van der Waals surface area contributed by atoms with Crippen molar-refractivity contribution in [1.82, 2.24) is 10.2 Å². The van der Waals surface area contributed by atoms with Crippen LogP contribution in [0.3, 0.4) is 0 Å². The summed E-state index contributed by atoms with van der Waals surface area (Å²) >= 11 is 0. The second-order valence-electron chi connectivity index (χ2n) is 5.87. The summed E-state index contributed by atoms with van der Waals surface area (Å²) in [6, 6.07) is 13.5. The van der Waals surface area contributed by atoms with Crippen LogP contribution >= 0.6 is 0 Å². The zero-order chi connectivity index (χ0) is 18.2. The molecule has 2 rings (SSSR count). The average molecular weight is 346 g/mol. The van der Waals surface area contributed by atoms with Gasteiger partial charge >= 0.3 is 0 Å². The van der Waals surface area contributed by atoms with E-state index in [4.69, 9.17) is 0 Å². The number of likely N-dealkylation sites (N-methyl/N-ethyl adjacent to an activating group) is 1. The van der Waals surface area contributed by atoms with E-state index in [0.717, 1.165) is 37.2 Å². The van der Waals surface area contributed by atoms with Gasteiger partial charge in [0.05, 0.1) is 0 Å². The molecular weight excluding hydrogens is 322 g/mol. The van der Waals surface area contributed by atoms with Crippen molar-refractivity contribution in [3.05, 3.63) is 71.3 Å². The lowest BCUT2D eigenvalue weighted by atomic mass is 10.0. The first-order valence-corrected chi connectivity index (χ1v) is 8.57. The number of nitrogens with zero attached hydrogens (tertiary/aromatic N) is 1.